The summed E-state index contributed by atoms with van der Waals surface area (Å²) in [5.41, 5.74) is 13.4. The quantitative estimate of drug-likeness (QED) is 0.277. The maximum atomic E-state index is 9.60. The van der Waals surface area contributed by atoms with E-state index in [0.717, 1.165) is 66.9 Å². The summed E-state index contributed by atoms with van der Waals surface area (Å²) in [5, 5.41) is 19.2. The van der Waals surface area contributed by atoms with Gasteiger partial charge in [0, 0.05) is 22.6 Å². The monoisotopic (exact) mass is 484 g/mol. The van der Waals surface area contributed by atoms with E-state index in [0.29, 0.717) is 12.1 Å². The van der Waals surface area contributed by atoms with Crippen LogP contribution in [0.3, 0.4) is 0 Å². The number of hydrogen-bond acceptors (Lipinski definition) is 4. The van der Waals surface area contributed by atoms with Crippen LogP contribution in [0.5, 0.6) is 0 Å². The van der Waals surface area contributed by atoms with E-state index in [1.54, 1.807) is 0 Å². The molecule has 176 valence electrons. The first-order valence-electron chi connectivity index (χ1n) is 12.6. The number of rotatable bonds is 2. The van der Waals surface area contributed by atoms with Crippen molar-refractivity contribution in [1.82, 2.24) is 0 Å². The molecule has 4 aromatic rings. The smallest absolute Gasteiger partial charge is 0.177 e. The number of hydrogen-bond donors (Lipinski definition) is 0. The van der Waals surface area contributed by atoms with Gasteiger partial charge in [-0.1, -0.05) is 84.9 Å². The largest absolute Gasteiger partial charge is 0.206 e. The lowest BCUT2D eigenvalue weighted by molar-refractivity contribution is 0.924. The van der Waals surface area contributed by atoms with E-state index in [4.69, 9.17) is 0 Å². The Morgan fingerprint density at radius 1 is 0.605 bits per heavy atom. The van der Waals surface area contributed by atoms with Crippen LogP contribution in [-0.2, 0) is 0 Å². The van der Waals surface area contributed by atoms with Crippen LogP contribution in [0.4, 0.5) is 0 Å². The van der Waals surface area contributed by atoms with Gasteiger partial charge in [-0.25, -0.2) is 0 Å². The van der Waals surface area contributed by atoms with Gasteiger partial charge in [0.15, 0.2) is 0 Å². The van der Waals surface area contributed by atoms with Crippen molar-refractivity contribution < 1.29 is 0 Å². The molecule has 0 amide bonds. The maximum Gasteiger partial charge on any atom is 0.206 e. The minimum Gasteiger partial charge on any atom is -0.177 e. The minimum absolute atomic E-state index is 0.0162. The molecule has 0 aromatic heterocycles. The number of benzene rings is 4. The molecule has 0 bridgehead atoms. The van der Waals surface area contributed by atoms with Crippen molar-refractivity contribution in [1.29, 1.82) is 10.5 Å². The predicted molar refractivity (Wildman–Crippen MR) is 151 cm³/mol. The molecule has 3 aliphatic carbocycles. The van der Waals surface area contributed by atoms with Crippen LogP contribution in [0.25, 0.3) is 33.4 Å². The summed E-state index contributed by atoms with van der Waals surface area (Å²) in [4.78, 5) is 8.64. The van der Waals surface area contributed by atoms with Crippen molar-refractivity contribution in [3.05, 3.63) is 131 Å². The van der Waals surface area contributed by atoms with E-state index >= 15 is 0 Å². The fourth-order valence-corrected chi connectivity index (χ4v) is 6.07. The van der Waals surface area contributed by atoms with E-state index < -0.39 is 0 Å². The number of aliphatic imine (C=N–C) groups is 2. The zero-order chi connectivity index (χ0) is 25.6. The molecule has 4 heteroatoms. The SMILES string of the molecule is N#CN=C1C2=C(CC3C(=C2)c2ccc(-c4ccccc4)cc2C3=NC#N)c2ccc(-c3ccccc3)cc21. The van der Waals surface area contributed by atoms with Gasteiger partial charge in [0.1, 0.15) is 0 Å². The van der Waals surface area contributed by atoms with Crippen LogP contribution < -0.4 is 0 Å². The summed E-state index contributed by atoms with van der Waals surface area (Å²) >= 11 is 0. The Labute approximate surface area is 220 Å². The number of nitriles is 2. The molecule has 0 saturated heterocycles. The summed E-state index contributed by atoms with van der Waals surface area (Å²) in [5.74, 6) is -0.0162. The van der Waals surface area contributed by atoms with Crippen molar-refractivity contribution in [3.63, 3.8) is 0 Å². The van der Waals surface area contributed by atoms with Gasteiger partial charge in [-0.05, 0) is 69.2 Å². The third-order valence-corrected chi connectivity index (χ3v) is 7.75. The summed E-state index contributed by atoms with van der Waals surface area (Å²) in [6.07, 6.45) is 6.97. The van der Waals surface area contributed by atoms with Gasteiger partial charge in [-0.15, -0.1) is 0 Å². The van der Waals surface area contributed by atoms with Gasteiger partial charge < -0.3 is 0 Å². The molecular weight excluding hydrogens is 464 g/mol. The maximum absolute atomic E-state index is 9.60. The molecule has 0 fully saturated rings. The fourth-order valence-electron chi connectivity index (χ4n) is 6.07. The lowest BCUT2D eigenvalue weighted by Crippen LogP contribution is -2.14. The molecule has 0 heterocycles. The Balaban J connectivity index is 1.37. The average Bonchev–Trinajstić information content (AvgIpc) is 3.44. The Morgan fingerprint density at radius 2 is 1.21 bits per heavy atom. The topological polar surface area (TPSA) is 72.3 Å². The molecule has 3 aliphatic rings. The zero-order valence-corrected chi connectivity index (χ0v) is 20.4. The lowest BCUT2D eigenvalue weighted by atomic mass is 9.83. The normalized spacial score (nSPS) is 18.8. The summed E-state index contributed by atoms with van der Waals surface area (Å²) in [6, 6.07) is 33.3. The van der Waals surface area contributed by atoms with Crippen LogP contribution in [0.2, 0.25) is 0 Å². The van der Waals surface area contributed by atoms with Crippen molar-refractivity contribution in [2.24, 2.45) is 15.9 Å². The molecular formula is C34H20N4. The second kappa shape index (κ2) is 8.66. The standard InChI is InChI=1S/C34H20N4/c35-19-37-33-29-15-23(21-7-3-1-4-8-21)11-13-25(29)27-17-32-28(18-31(27)33)26-14-12-24(22-9-5-2-6-10-22)16-30(26)34(32)38-20-36/h1-17,31H,18H2. The second-order valence-corrected chi connectivity index (χ2v) is 9.66. The zero-order valence-electron chi connectivity index (χ0n) is 20.4. The van der Waals surface area contributed by atoms with Gasteiger partial charge in [0.05, 0.1) is 11.4 Å². The fraction of sp³-hybridized carbons (Fsp3) is 0.0588. The third kappa shape index (κ3) is 3.29. The molecule has 1 atom stereocenters. The van der Waals surface area contributed by atoms with Gasteiger partial charge in [0.2, 0.25) is 12.4 Å². The molecule has 7 rings (SSSR count). The van der Waals surface area contributed by atoms with E-state index in [9.17, 15) is 10.5 Å². The predicted octanol–water partition coefficient (Wildman–Crippen LogP) is 7.45. The Morgan fingerprint density at radius 3 is 1.84 bits per heavy atom. The highest BCUT2D eigenvalue weighted by Gasteiger charge is 2.41. The van der Waals surface area contributed by atoms with Crippen molar-refractivity contribution in [2.75, 3.05) is 0 Å². The lowest BCUT2D eigenvalue weighted by Gasteiger charge is -2.20. The van der Waals surface area contributed by atoms with Crippen LogP contribution in [0.15, 0.2) is 119 Å². The number of allylic oxidation sites excluding steroid dienone is 4. The Bertz CT molecular complexity index is 1840. The van der Waals surface area contributed by atoms with Crippen LogP contribution in [-0.4, -0.2) is 11.4 Å². The first-order chi connectivity index (χ1) is 18.8. The Hall–Kier alpha value is -5.32. The van der Waals surface area contributed by atoms with Gasteiger partial charge in [-0.3, -0.25) is 0 Å². The number of fused-ring (bicyclic) bond motifs is 5. The minimum atomic E-state index is -0.0162. The highest BCUT2D eigenvalue weighted by Crippen LogP contribution is 2.51. The van der Waals surface area contributed by atoms with Gasteiger partial charge in [-0.2, -0.15) is 20.5 Å². The van der Waals surface area contributed by atoms with Crippen LogP contribution in [0.1, 0.15) is 28.7 Å². The molecule has 38 heavy (non-hydrogen) atoms. The summed E-state index contributed by atoms with van der Waals surface area (Å²) in [6.45, 7) is 0. The Kier molecular flexibility index (Phi) is 5.00. The summed E-state index contributed by atoms with van der Waals surface area (Å²) in [7, 11) is 0. The first-order valence-corrected chi connectivity index (χ1v) is 12.6. The van der Waals surface area contributed by atoms with E-state index in [2.05, 4.69) is 82.9 Å². The highest BCUT2D eigenvalue weighted by atomic mass is 14.8. The van der Waals surface area contributed by atoms with E-state index in [1.807, 2.05) is 42.6 Å². The third-order valence-electron chi connectivity index (χ3n) is 7.75. The van der Waals surface area contributed by atoms with Crippen molar-refractivity contribution >= 4 is 22.6 Å². The highest BCUT2D eigenvalue weighted by molar-refractivity contribution is 6.29. The van der Waals surface area contributed by atoms with Gasteiger partial charge >= 0.3 is 0 Å². The molecule has 4 nitrogen and oxygen atoms in total. The molecule has 0 spiro atoms. The molecule has 0 N–H and O–H groups in total. The van der Waals surface area contributed by atoms with Crippen LogP contribution in [0, 0.1) is 28.8 Å². The van der Waals surface area contributed by atoms with E-state index in [-0.39, 0.29) is 5.92 Å². The van der Waals surface area contributed by atoms with Gasteiger partial charge in [0.25, 0.3) is 0 Å². The summed E-state index contributed by atoms with van der Waals surface area (Å²) < 4.78 is 0. The van der Waals surface area contributed by atoms with Crippen molar-refractivity contribution in [3.8, 4) is 34.6 Å². The number of nitrogens with zero attached hydrogens (tertiary/aromatic N) is 4. The first kappa shape index (κ1) is 21.9. The second-order valence-electron chi connectivity index (χ2n) is 9.66. The molecule has 0 radical (unpaired) electrons. The molecule has 1 unspecified atom stereocenters. The average molecular weight is 485 g/mol. The van der Waals surface area contributed by atoms with Crippen molar-refractivity contribution in [2.45, 2.75) is 6.42 Å². The van der Waals surface area contributed by atoms with Crippen LogP contribution >= 0.6 is 0 Å². The van der Waals surface area contributed by atoms with E-state index in [1.165, 1.54) is 0 Å². The molecule has 0 aliphatic heterocycles. The molecule has 0 saturated carbocycles. The molecule has 4 aromatic carbocycles.